The molecule has 1 heterocycles. The summed E-state index contributed by atoms with van der Waals surface area (Å²) < 4.78 is 6.54. The summed E-state index contributed by atoms with van der Waals surface area (Å²) in [7, 11) is 0. The first-order chi connectivity index (χ1) is 6.72. The first kappa shape index (κ1) is 10.1. The molecular weight excluding hydrogens is 239 g/mol. The lowest BCUT2D eigenvalue weighted by atomic mass is 10.2. The van der Waals surface area contributed by atoms with Crippen molar-refractivity contribution in [3.8, 4) is 5.75 Å². The summed E-state index contributed by atoms with van der Waals surface area (Å²) in [4.78, 5) is 0. The molecule has 0 aliphatic heterocycles. The summed E-state index contributed by atoms with van der Waals surface area (Å²) in [5.41, 5.74) is 0. The van der Waals surface area contributed by atoms with Crippen LogP contribution in [-0.2, 0) is 0 Å². The van der Waals surface area contributed by atoms with Crippen molar-refractivity contribution in [2.24, 2.45) is 0 Å². The van der Waals surface area contributed by atoms with Crippen molar-refractivity contribution in [2.45, 2.75) is 6.92 Å². The van der Waals surface area contributed by atoms with E-state index in [0.29, 0.717) is 11.6 Å². The van der Waals surface area contributed by atoms with E-state index >= 15 is 0 Å². The molecule has 0 aliphatic rings. The number of ether oxygens (including phenoxy) is 1. The van der Waals surface area contributed by atoms with Crippen LogP contribution in [0.25, 0.3) is 10.1 Å². The van der Waals surface area contributed by atoms with Crippen LogP contribution in [0.15, 0.2) is 17.5 Å². The van der Waals surface area contributed by atoms with Gasteiger partial charge in [0.1, 0.15) is 5.75 Å². The van der Waals surface area contributed by atoms with Crippen LogP contribution in [0.1, 0.15) is 6.92 Å². The highest BCUT2D eigenvalue weighted by molar-refractivity contribution is 7.18. The lowest BCUT2D eigenvalue weighted by molar-refractivity contribution is 0.344. The van der Waals surface area contributed by atoms with Gasteiger partial charge in [-0.1, -0.05) is 23.2 Å². The smallest absolute Gasteiger partial charge is 0.130 e. The van der Waals surface area contributed by atoms with E-state index in [-0.39, 0.29) is 0 Å². The standard InChI is InChI=1S/C10H8Cl2OS/c1-2-13-8-3-6(11)4-9-10(8)7(12)5-14-9/h3-5H,2H2,1H3. The Hall–Kier alpha value is -0.440. The van der Waals surface area contributed by atoms with E-state index in [1.807, 2.05) is 18.4 Å². The van der Waals surface area contributed by atoms with Gasteiger partial charge in [0, 0.05) is 15.1 Å². The molecule has 1 aromatic heterocycles. The molecule has 2 rings (SSSR count). The van der Waals surface area contributed by atoms with E-state index in [0.717, 1.165) is 20.9 Å². The molecule has 0 bridgehead atoms. The van der Waals surface area contributed by atoms with Crippen LogP contribution in [0.2, 0.25) is 10.0 Å². The maximum Gasteiger partial charge on any atom is 0.130 e. The van der Waals surface area contributed by atoms with E-state index < -0.39 is 0 Å². The van der Waals surface area contributed by atoms with E-state index in [2.05, 4.69) is 0 Å². The van der Waals surface area contributed by atoms with Crippen LogP contribution >= 0.6 is 34.5 Å². The summed E-state index contributed by atoms with van der Waals surface area (Å²) in [5.74, 6) is 0.765. The Morgan fingerprint density at radius 1 is 1.36 bits per heavy atom. The lowest BCUT2D eigenvalue weighted by Crippen LogP contribution is -1.91. The second kappa shape index (κ2) is 3.97. The van der Waals surface area contributed by atoms with E-state index in [9.17, 15) is 0 Å². The average molecular weight is 247 g/mol. The van der Waals surface area contributed by atoms with Gasteiger partial charge in [-0.25, -0.2) is 0 Å². The first-order valence-corrected chi connectivity index (χ1v) is 5.85. The minimum atomic E-state index is 0.613. The quantitative estimate of drug-likeness (QED) is 0.753. The summed E-state index contributed by atoms with van der Waals surface area (Å²) in [6, 6.07) is 3.70. The van der Waals surface area contributed by atoms with E-state index in [4.69, 9.17) is 27.9 Å². The Labute approximate surface area is 96.2 Å². The Morgan fingerprint density at radius 2 is 2.14 bits per heavy atom. The second-order valence-corrected chi connectivity index (χ2v) is 4.55. The fourth-order valence-corrected chi connectivity index (χ4v) is 2.86. The van der Waals surface area contributed by atoms with Gasteiger partial charge in [0.2, 0.25) is 0 Å². The molecule has 0 atom stereocenters. The third kappa shape index (κ3) is 1.70. The molecule has 0 radical (unpaired) electrons. The van der Waals surface area contributed by atoms with Gasteiger partial charge in [-0.3, -0.25) is 0 Å². The van der Waals surface area contributed by atoms with Gasteiger partial charge in [0.05, 0.1) is 17.0 Å². The maximum absolute atomic E-state index is 6.05. The molecule has 1 nitrogen and oxygen atoms in total. The van der Waals surface area contributed by atoms with Crippen molar-refractivity contribution in [1.29, 1.82) is 0 Å². The van der Waals surface area contributed by atoms with Crippen molar-refractivity contribution < 1.29 is 4.74 Å². The van der Waals surface area contributed by atoms with Crippen molar-refractivity contribution in [3.63, 3.8) is 0 Å². The first-order valence-electron chi connectivity index (χ1n) is 4.21. The molecule has 0 saturated carbocycles. The van der Waals surface area contributed by atoms with Crippen LogP contribution in [-0.4, -0.2) is 6.61 Å². The van der Waals surface area contributed by atoms with Crippen LogP contribution in [0.3, 0.4) is 0 Å². The van der Waals surface area contributed by atoms with Gasteiger partial charge in [-0.2, -0.15) is 0 Å². The summed E-state index contributed by atoms with van der Waals surface area (Å²) >= 11 is 13.6. The zero-order valence-electron chi connectivity index (χ0n) is 7.51. The van der Waals surface area contributed by atoms with Crippen LogP contribution < -0.4 is 4.74 Å². The van der Waals surface area contributed by atoms with Gasteiger partial charge in [0.25, 0.3) is 0 Å². The molecule has 0 saturated heterocycles. The summed E-state index contributed by atoms with van der Waals surface area (Å²) in [6.45, 7) is 2.55. The molecule has 0 fully saturated rings. The molecule has 0 aliphatic carbocycles. The fourth-order valence-electron chi connectivity index (χ4n) is 1.33. The predicted octanol–water partition coefficient (Wildman–Crippen LogP) is 4.61. The van der Waals surface area contributed by atoms with Crippen molar-refractivity contribution in [2.75, 3.05) is 6.61 Å². The Balaban J connectivity index is 2.70. The minimum Gasteiger partial charge on any atom is -0.493 e. The highest BCUT2D eigenvalue weighted by atomic mass is 35.5. The van der Waals surface area contributed by atoms with Gasteiger partial charge in [-0.15, -0.1) is 11.3 Å². The molecule has 0 spiro atoms. The molecule has 74 valence electrons. The lowest BCUT2D eigenvalue weighted by Gasteiger charge is -2.05. The normalized spacial score (nSPS) is 10.8. The van der Waals surface area contributed by atoms with Gasteiger partial charge in [-0.05, 0) is 19.1 Å². The second-order valence-electron chi connectivity index (χ2n) is 2.79. The highest BCUT2D eigenvalue weighted by Gasteiger charge is 2.09. The Kier molecular flexibility index (Phi) is 2.86. The highest BCUT2D eigenvalue weighted by Crippen LogP contribution is 2.39. The predicted molar refractivity (Wildman–Crippen MR) is 63.0 cm³/mol. The fraction of sp³-hybridized carbons (Fsp3) is 0.200. The van der Waals surface area contributed by atoms with E-state index in [1.165, 1.54) is 0 Å². The average Bonchev–Trinajstić information content (AvgIpc) is 2.48. The zero-order chi connectivity index (χ0) is 10.1. The number of hydrogen-bond acceptors (Lipinski definition) is 2. The third-order valence-corrected chi connectivity index (χ3v) is 3.43. The third-order valence-electron chi connectivity index (χ3n) is 1.86. The molecule has 0 unspecified atom stereocenters. The Bertz CT molecular complexity index is 464. The van der Waals surface area contributed by atoms with Crippen molar-refractivity contribution in [1.82, 2.24) is 0 Å². The zero-order valence-corrected chi connectivity index (χ0v) is 9.84. The number of rotatable bonds is 2. The van der Waals surface area contributed by atoms with Gasteiger partial charge < -0.3 is 4.74 Å². The van der Waals surface area contributed by atoms with Gasteiger partial charge in [0.15, 0.2) is 0 Å². The molecule has 14 heavy (non-hydrogen) atoms. The molecule has 2 aromatic rings. The number of thiophene rings is 1. The van der Waals surface area contributed by atoms with Crippen molar-refractivity contribution in [3.05, 3.63) is 27.6 Å². The summed E-state index contributed by atoms with van der Waals surface area (Å²) in [6.07, 6.45) is 0. The number of benzene rings is 1. The topological polar surface area (TPSA) is 9.23 Å². The molecule has 0 N–H and O–H groups in total. The van der Waals surface area contributed by atoms with Crippen LogP contribution in [0.4, 0.5) is 0 Å². The Morgan fingerprint density at radius 3 is 2.86 bits per heavy atom. The number of halogens is 2. The maximum atomic E-state index is 6.05. The van der Waals surface area contributed by atoms with Crippen LogP contribution in [0.5, 0.6) is 5.75 Å². The minimum absolute atomic E-state index is 0.613. The summed E-state index contributed by atoms with van der Waals surface area (Å²) in [5, 5.41) is 4.26. The molecular formula is C10H8Cl2OS. The number of hydrogen-bond donors (Lipinski definition) is 0. The monoisotopic (exact) mass is 246 g/mol. The largest absolute Gasteiger partial charge is 0.493 e. The molecule has 0 amide bonds. The van der Waals surface area contributed by atoms with E-state index in [1.54, 1.807) is 17.4 Å². The molecule has 4 heteroatoms. The molecule has 1 aromatic carbocycles. The number of fused-ring (bicyclic) bond motifs is 1. The van der Waals surface area contributed by atoms with Crippen molar-refractivity contribution >= 4 is 44.6 Å². The van der Waals surface area contributed by atoms with Crippen LogP contribution in [0, 0.1) is 0 Å². The SMILES string of the molecule is CCOc1cc(Cl)cc2scc(Cl)c12. The van der Waals surface area contributed by atoms with Gasteiger partial charge >= 0.3 is 0 Å².